The lowest BCUT2D eigenvalue weighted by molar-refractivity contribution is 0.196. The number of ether oxygens (including phenoxy) is 2. The van der Waals surface area contributed by atoms with E-state index in [4.69, 9.17) is 9.47 Å². The zero-order valence-electron chi connectivity index (χ0n) is 19.8. The molecule has 0 aliphatic heterocycles. The first-order chi connectivity index (χ1) is 16.2. The van der Waals surface area contributed by atoms with Crippen molar-refractivity contribution in [3.8, 4) is 22.6 Å². The van der Waals surface area contributed by atoms with Gasteiger partial charge in [-0.25, -0.2) is 0 Å². The zero-order valence-corrected chi connectivity index (χ0v) is 19.8. The van der Waals surface area contributed by atoms with Crippen LogP contribution in [0.15, 0.2) is 92.0 Å². The van der Waals surface area contributed by atoms with E-state index < -0.39 is 0 Å². The summed E-state index contributed by atoms with van der Waals surface area (Å²) in [5.41, 5.74) is 5.62. The van der Waals surface area contributed by atoms with Crippen LogP contribution in [-0.2, 0) is 12.8 Å². The van der Waals surface area contributed by atoms with Gasteiger partial charge < -0.3 is 14.8 Å². The molecular weight excluding hydrogens is 406 g/mol. The highest BCUT2D eigenvalue weighted by Gasteiger charge is 2.19. The van der Waals surface area contributed by atoms with Crippen LogP contribution in [-0.4, -0.2) is 20.2 Å². The molecule has 3 aromatic carbocycles. The van der Waals surface area contributed by atoms with E-state index in [1.807, 2.05) is 32.2 Å². The van der Waals surface area contributed by atoms with Crippen LogP contribution in [0.2, 0.25) is 0 Å². The van der Waals surface area contributed by atoms with Crippen LogP contribution in [0.4, 0.5) is 0 Å². The maximum Gasteiger partial charge on any atom is 0.128 e. The second kappa shape index (κ2) is 12.7. The summed E-state index contributed by atoms with van der Waals surface area (Å²) in [4.78, 5) is 0. The van der Waals surface area contributed by atoms with Gasteiger partial charge in [0, 0.05) is 17.5 Å². The van der Waals surface area contributed by atoms with Gasteiger partial charge in [0.1, 0.15) is 17.6 Å². The summed E-state index contributed by atoms with van der Waals surface area (Å²) in [6.07, 6.45) is 6.26. The van der Waals surface area contributed by atoms with E-state index >= 15 is 0 Å². The number of hydrogen-bond donors (Lipinski definition) is 1. The average Bonchev–Trinajstić information content (AvgIpc) is 2.84. The Balaban J connectivity index is 2.11. The molecule has 3 rings (SSSR count). The second-order valence-electron chi connectivity index (χ2n) is 7.99. The number of allylic oxidation sites excluding steroid dienone is 2. The van der Waals surface area contributed by atoms with E-state index in [9.17, 15) is 0 Å². The first-order valence-electron chi connectivity index (χ1n) is 11.7. The molecule has 0 aliphatic rings. The van der Waals surface area contributed by atoms with Gasteiger partial charge in [-0.2, -0.15) is 0 Å². The van der Waals surface area contributed by atoms with Crippen molar-refractivity contribution in [2.45, 2.75) is 32.3 Å². The van der Waals surface area contributed by atoms with Crippen molar-refractivity contribution in [3.63, 3.8) is 0 Å². The van der Waals surface area contributed by atoms with Gasteiger partial charge in [0.05, 0.1) is 6.61 Å². The molecule has 3 aromatic rings. The average molecular weight is 442 g/mol. The molecule has 0 aromatic heterocycles. The topological polar surface area (TPSA) is 30.5 Å². The molecular formula is C30H35NO2. The minimum absolute atomic E-state index is 0.0606. The molecule has 0 saturated heterocycles. The summed E-state index contributed by atoms with van der Waals surface area (Å²) >= 11 is 0. The number of benzene rings is 3. The molecule has 1 atom stereocenters. The van der Waals surface area contributed by atoms with Crippen LogP contribution < -0.4 is 14.8 Å². The molecule has 3 heteroatoms. The van der Waals surface area contributed by atoms with E-state index in [1.165, 1.54) is 16.7 Å². The predicted octanol–water partition coefficient (Wildman–Crippen LogP) is 6.94. The SMILES string of the molecule is C=CCc1ccc(OCC)c(-c2cc(CC=C)ccc2OC(CCNC)c2ccccc2)c1. The van der Waals surface area contributed by atoms with Crippen LogP contribution in [0, 0.1) is 0 Å². The molecule has 1 unspecified atom stereocenters. The highest BCUT2D eigenvalue weighted by molar-refractivity contribution is 5.77. The normalized spacial score (nSPS) is 11.6. The molecule has 3 nitrogen and oxygen atoms in total. The third kappa shape index (κ3) is 6.59. The molecule has 0 heterocycles. The Morgan fingerprint density at radius 2 is 1.45 bits per heavy atom. The molecule has 0 amide bonds. The largest absolute Gasteiger partial charge is 0.493 e. The Hall–Kier alpha value is -3.30. The monoisotopic (exact) mass is 441 g/mol. The Labute approximate surface area is 198 Å². The summed E-state index contributed by atoms with van der Waals surface area (Å²) in [6.45, 7) is 11.3. The molecule has 1 N–H and O–H groups in total. The Morgan fingerprint density at radius 1 is 0.848 bits per heavy atom. The van der Waals surface area contributed by atoms with Gasteiger partial charge in [-0.15, -0.1) is 13.2 Å². The highest BCUT2D eigenvalue weighted by Crippen LogP contribution is 2.40. The Morgan fingerprint density at radius 3 is 2.03 bits per heavy atom. The van der Waals surface area contributed by atoms with E-state index in [0.29, 0.717) is 6.61 Å². The van der Waals surface area contributed by atoms with Crippen molar-refractivity contribution >= 4 is 0 Å². The van der Waals surface area contributed by atoms with Gasteiger partial charge in [-0.3, -0.25) is 0 Å². The molecule has 0 bridgehead atoms. The second-order valence-corrected chi connectivity index (χ2v) is 7.99. The van der Waals surface area contributed by atoms with Gasteiger partial charge in [-0.05, 0) is 74.3 Å². The lowest BCUT2D eigenvalue weighted by atomic mass is 9.96. The van der Waals surface area contributed by atoms with Crippen molar-refractivity contribution in [1.82, 2.24) is 5.32 Å². The summed E-state index contributed by atoms with van der Waals surface area (Å²) in [6, 6.07) is 23.2. The first kappa shape index (κ1) is 24.3. The number of rotatable bonds is 13. The van der Waals surface area contributed by atoms with Gasteiger partial charge in [-0.1, -0.05) is 54.6 Å². The summed E-state index contributed by atoms with van der Waals surface area (Å²) in [5.74, 6) is 1.71. The van der Waals surface area contributed by atoms with E-state index in [0.717, 1.165) is 48.4 Å². The van der Waals surface area contributed by atoms with Crippen LogP contribution >= 0.6 is 0 Å². The van der Waals surface area contributed by atoms with Crippen molar-refractivity contribution in [1.29, 1.82) is 0 Å². The van der Waals surface area contributed by atoms with Crippen molar-refractivity contribution in [2.75, 3.05) is 20.2 Å². The highest BCUT2D eigenvalue weighted by atomic mass is 16.5. The Kier molecular flexibility index (Phi) is 9.34. The summed E-state index contributed by atoms with van der Waals surface area (Å²) < 4.78 is 12.7. The smallest absolute Gasteiger partial charge is 0.128 e. The third-order valence-electron chi connectivity index (χ3n) is 5.54. The minimum atomic E-state index is -0.0606. The van der Waals surface area contributed by atoms with Crippen molar-refractivity contribution < 1.29 is 9.47 Å². The quantitative estimate of drug-likeness (QED) is 0.291. The lowest BCUT2D eigenvalue weighted by Crippen LogP contribution is -2.16. The van der Waals surface area contributed by atoms with Crippen molar-refractivity contribution in [2.24, 2.45) is 0 Å². The van der Waals surface area contributed by atoms with Crippen LogP contribution in [0.1, 0.15) is 36.1 Å². The molecule has 33 heavy (non-hydrogen) atoms. The lowest BCUT2D eigenvalue weighted by Gasteiger charge is -2.23. The maximum absolute atomic E-state index is 6.71. The summed E-state index contributed by atoms with van der Waals surface area (Å²) in [5, 5.41) is 3.25. The van der Waals surface area contributed by atoms with Gasteiger partial charge >= 0.3 is 0 Å². The molecule has 0 saturated carbocycles. The van der Waals surface area contributed by atoms with E-state index in [2.05, 4.69) is 79.1 Å². The van der Waals surface area contributed by atoms with Crippen LogP contribution in [0.5, 0.6) is 11.5 Å². The van der Waals surface area contributed by atoms with Gasteiger partial charge in [0.15, 0.2) is 0 Å². The fraction of sp³-hybridized carbons (Fsp3) is 0.267. The number of nitrogens with one attached hydrogen (secondary N) is 1. The number of hydrogen-bond acceptors (Lipinski definition) is 3. The fourth-order valence-corrected chi connectivity index (χ4v) is 3.94. The van der Waals surface area contributed by atoms with E-state index in [1.54, 1.807) is 0 Å². The van der Waals surface area contributed by atoms with Gasteiger partial charge in [0.25, 0.3) is 0 Å². The van der Waals surface area contributed by atoms with Crippen LogP contribution in [0.25, 0.3) is 11.1 Å². The first-order valence-corrected chi connectivity index (χ1v) is 11.7. The zero-order chi connectivity index (χ0) is 23.5. The predicted molar refractivity (Wildman–Crippen MR) is 139 cm³/mol. The molecule has 0 radical (unpaired) electrons. The third-order valence-corrected chi connectivity index (χ3v) is 5.54. The Bertz CT molecular complexity index is 1040. The standard InChI is InChI=1S/C30H35NO2/c1-5-11-23-15-17-29(32-7-3)26(21-23)27-22-24(12-6-2)16-18-30(27)33-28(19-20-31-4)25-13-9-8-10-14-25/h5-6,8-10,13-18,21-22,28,31H,1-2,7,11-12,19-20H2,3-4H3. The summed E-state index contributed by atoms with van der Waals surface area (Å²) in [7, 11) is 1.97. The van der Waals surface area contributed by atoms with E-state index in [-0.39, 0.29) is 6.10 Å². The fourth-order valence-electron chi connectivity index (χ4n) is 3.94. The molecule has 0 aliphatic carbocycles. The minimum Gasteiger partial charge on any atom is -0.493 e. The van der Waals surface area contributed by atoms with Gasteiger partial charge in [0.2, 0.25) is 0 Å². The molecule has 172 valence electrons. The van der Waals surface area contributed by atoms with Crippen molar-refractivity contribution in [3.05, 3.63) is 109 Å². The maximum atomic E-state index is 6.71. The van der Waals surface area contributed by atoms with Crippen LogP contribution in [0.3, 0.4) is 0 Å². The molecule has 0 spiro atoms. The molecule has 0 fully saturated rings.